The Morgan fingerprint density at radius 3 is 2.40 bits per heavy atom. The Bertz CT molecular complexity index is 949. The first kappa shape index (κ1) is 18.0. The minimum absolute atomic E-state index is 0.210. The van der Waals surface area contributed by atoms with Gasteiger partial charge in [0.15, 0.2) is 0 Å². The number of nitrogens with zero attached hydrogens (tertiary/aromatic N) is 1. The molecule has 2 aromatic rings. The third kappa shape index (κ3) is 3.34. The zero-order chi connectivity index (χ0) is 18.2. The number of aryl methyl sites for hydroxylation is 1. The quantitative estimate of drug-likeness (QED) is 0.703. The summed E-state index contributed by atoms with van der Waals surface area (Å²) in [5, 5.41) is 0. The summed E-state index contributed by atoms with van der Waals surface area (Å²) in [7, 11) is -3.72. The van der Waals surface area contributed by atoms with E-state index < -0.39 is 16.1 Å². The smallest absolute Gasteiger partial charge is 0.244 e. The molecule has 0 aromatic heterocycles. The van der Waals surface area contributed by atoms with Gasteiger partial charge in [-0.3, -0.25) is 4.79 Å². The highest BCUT2D eigenvalue weighted by Gasteiger charge is 2.40. The van der Waals surface area contributed by atoms with Crippen LogP contribution in [0.2, 0.25) is 0 Å². The van der Waals surface area contributed by atoms with E-state index in [2.05, 4.69) is 15.9 Å². The van der Waals surface area contributed by atoms with Crippen molar-refractivity contribution in [2.45, 2.75) is 24.8 Å². The van der Waals surface area contributed by atoms with Gasteiger partial charge in [0.2, 0.25) is 10.0 Å². The van der Waals surface area contributed by atoms with Crippen LogP contribution in [0.25, 0.3) is 0 Å². The van der Waals surface area contributed by atoms with Gasteiger partial charge in [-0.05, 0) is 49.2 Å². The van der Waals surface area contributed by atoms with Gasteiger partial charge in [-0.15, -0.1) is 0 Å². The lowest BCUT2D eigenvalue weighted by Crippen LogP contribution is -2.32. The second-order valence-corrected chi connectivity index (χ2v) is 8.98. The molecule has 0 N–H and O–H groups in total. The first-order valence-corrected chi connectivity index (χ1v) is 10.1. The van der Waals surface area contributed by atoms with Crippen molar-refractivity contribution in [3.05, 3.63) is 75.3 Å². The summed E-state index contributed by atoms with van der Waals surface area (Å²) in [4.78, 5) is 11.9. The fourth-order valence-corrected chi connectivity index (χ4v) is 5.11. The van der Waals surface area contributed by atoms with Gasteiger partial charge in [0.25, 0.3) is 0 Å². The van der Waals surface area contributed by atoms with Crippen LogP contribution in [0.4, 0.5) is 0 Å². The molecule has 1 aliphatic rings. The van der Waals surface area contributed by atoms with Gasteiger partial charge in [0, 0.05) is 16.6 Å². The maximum absolute atomic E-state index is 13.2. The normalized spacial score (nSPS) is 18.6. The Morgan fingerprint density at radius 2 is 1.80 bits per heavy atom. The Morgan fingerprint density at radius 1 is 1.12 bits per heavy atom. The van der Waals surface area contributed by atoms with Gasteiger partial charge in [-0.1, -0.05) is 45.8 Å². The second-order valence-electron chi connectivity index (χ2n) is 6.17. The van der Waals surface area contributed by atoms with E-state index in [9.17, 15) is 13.2 Å². The molecular formula is C19H18BrNO3S. The summed E-state index contributed by atoms with van der Waals surface area (Å²) in [5.74, 6) is 0. The minimum atomic E-state index is -3.72. The van der Waals surface area contributed by atoms with E-state index in [1.54, 1.807) is 31.2 Å². The Labute approximate surface area is 156 Å². The molecule has 0 saturated carbocycles. The Kier molecular flexibility index (Phi) is 4.95. The van der Waals surface area contributed by atoms with Crippen molar-refractivity contribution in [3.8, 4) is 0 Å². The number of aldehydes is 1. The molecule has 1 aliphatic heterocycles. The standard InChI is InChI=1S/C19H18BrNO3S/c1-13-6-8-17(9-7-13)25(23,24)21-11-14(2)18(12-22)19(21)15-4-3-5-16(20)10-15/h3-10,12,19H,11H2,1-2H3/t19-/m1/s1. The molecule has 0 radical (unpaired) electrons. The van der Waals surface area contributed by atoms with Crippen molar-refractivity contribution in [2.75, 3.05) is 6.54 Å². The average Bonchev–Trinajstić information content (AvgIpc) is 2.92. The summed E-state index contributed by atoms with van der Waals surface area (Å²) >= 11 is 3.42. The second kappa shape index (κ2) is 6.86. The fourth-order valence-electron chi connectivity index (χ4n) is 3.06. The Balaban J connectivity index is 2.11. The van der Waals surface area contributed by atoms with Crippen molar-refractivity contribution in [2.24, 2.45) is 0 Å². The highest BCUT2D eigenvalue weighted by atomic mass is 79.9. The van der Waals surface area contributed by atoms with Crippen LogP contribution in [0, 0.1) is 6.92 Å². The third-order valence-corrected chi connectivity index (χ3v) is 6.71. The SMILES string of the molecule is CC1=C(C=O)[C@@H](c2cccc(Br)c2)N(S(=O)(=O)c2ccc(C)cc2)C1. The number of hydrogen-bond donors (Lipinski definition) is 0. The van der Waals surface area contributed by atoms with Crippen LogP contribution >= 0.6 is 15.9 Å². The van der Waals surface area contributed by atoms with Crippen molar-refractivity contribution in [1.29, 1.82) is 0 Å². The lowest BCUT2D eigenvalue weighted by atomic mass is 10.00. The van der Waals surface area contributed by atoms with Crippen LogP contribution in [0.1, 0.15) is 24.1 Å². The molecule has 2 aromatic carbocycles. The molecule has 0 saturated heterocycles. The molecule has 4 nitrogen and oxygen atoms in total. The molecule has 6 heteroatoms. The molecule has 0 unspecified atom stereocenters. The monoisotopic (exact) mass is 419 g/mol. The number of halogens is 1. The summed E-state index contributed by atoms with van der Waals surface area (Å²) in [6.45, 7) is 3.92. The van der Waals surface area contributed by atoms with Crippen molar-refractivity contribution < 1.29 is 13.2 Å². The summed E-state index contributed by atoms with van der Waals surface area (Å²) < 4.78 is 28.6. The van der Waals surface area contributed by atoms with Gasteiger partial charge in [0.1, 0.15) is 6.29 Å². The molecule has 25 heavy (non-hydrogen) atoms. The van der Waals surface area contributed by atoms with Crippen LogP contribution in [-0.2, 0) is 14.8 Å². The van der Waals surface area contributed by atoms with Gasteiger partial charge < -0.3 is 0 Å². The lowest BCUT2D eigenvalue weighted by molar-refractivity contribution is -0.105. The van der Waals surface area contributed by atoms with E-state index in [0.717, 1.165) is 27.5 Å². The van der Waals surface area contributed by atoms with Gasteiger partial charge in [0.05, 0.1) is 10.9 Å². The lowest BCUT2D eigenvalue weighted by Gasteiger charge is -2.26. The number of carbonyl (C=O) groups is 1. The van der Waals surface area contributed by atoms with E-state index in [0.29, 0.717) is 5.57 Å². The van der Waals surface area contributed by atoms with E-state index >= 15 is 0 Å². The first-order chi connectivity index (χ1) is 11.8. The fraction of sp³-hybridized carbons (Fsp3) is 0.211. The van der Waals surface area contributed by atoms with E-state index in [1.807, 2.05) is 31.2 Å². The molecule has 0 spiro atoms. The number of hydrogen-bond acceptors (Lipinski definition) is 3. The van der Waals surface area contributed by atoms with Gasteiger partial charge >= 0.3 is 0 Å². The predicted octanol–water partition coefficient (Wildman–Crippen LogP) is 4.02. The first-order valence-electron chi connectivity index (χ1n) is 7.83. The van der Waals surface area contributed by atoms with Crippen LogP contribution in [-0.4, -0.2) is 25.6 Å². The third-order valence-electron chi connectivity index (χ3n) is 4.39. The molecule has 0 aliphatic carbocycles. The highest BCUT2D eigenvalue weighted by Crippen LogP contribution is 2.40. The van der Waals surface area contributed by atoms with Crippen molar-refractivity contribution >= 4 is 32.2 Å². The number of sulfonamides is 1. The topological polar surface area (TPSA) is 54.5 Å². The van der Waals surface area contributed by atoms with Crippen molar-refractivity contribution in [3.63, 3.8) is 0 Å². The van der Waals surface area contributed by atoms with Gasteiger partial charge in [-0.2, -0.15) is 4.31 Å². The van der Waals surface area contributed by atoms with Crippen LogP contribution in [0.3, 0.4) is 0 Å². The van der Waals surface area contributed by atoms with Crippen molar-refractivity contribution in [1.82, 2.24) is 4.31 Å². The number of carbonyl (C=O) groups excluding carboxylic acids is 1. The van der Waals surface area contributed by atoms with Gasteiger partial charge in [-0.25, -0.2) is 8.42 Å². The molecule has 3 rings (SSSR count). The maximum Gasteiger partial charge on any atom is 0.244 e. The van der Waals surface area contributed by atoms with E-state index in [1.165, 1.54) is 4.31 Å². The summed E-state index contributed by atoms with van der Waals surface area (Å²) in [5.41, 5.74) is 3.04. The average molecular weight is 420 g/mol. The summed E-state index contributed by atoms with van der Waals surface area (Å²) in [6, 6.07) is 13.6. The number of benzene rings is 2. The van der Waals surface area contributed by atoms with E-state index in [-0.39, 0.29) is 11.4 Å². The minimum Gasteiger partial charge on any atom is -0.298 e. The van der Waals surface area contributed by atoms with Crippen LogP contribution < -0.4 is 0 Å². The zero-order valence-electron chi connectivity index (χ0n) is 13.9. The summed E-state index contributed by atoms with van der Waals surface area (Å²) in [6.07, 6.45) is 0.769. The molecular weight excluding hydrogens is 402 g/mol. The largest absolute Gasteiger partial charge is 0.298 e. The zero-order valence-corrected chi connectivity index (χ0v) is 16.3. The maximum atomic E-state index is 13.2. The highest BCUT2D eigenvalue weighted by molar-refractivity contribution is 9.10. The Hall–Kier alpha value is -1.76. The molecule has 1 heterocycles. The number of rotatable bonds is 4. The molecule has 0 bridgehead atoms. The van der Waals surface area contributed by atoms with Crippen LogP contribution in [0.5, 0.6) is 0 Å². The molecule has 0 fully saturated rings. The molecule has 130 valence electrons. The predicted molar refractivity (Wildman–Crippen MR) is 101 cm³/mol. The molecule has 1 atom stereocenters. The molecule has 0 amide bonds. The van der Waals surface area contributed by atoms with Crippen LogP contribution in [0.15, 0.2) is 69.0 Å². The van der Waals surface area contributed by atoms with E-state index in [4.69, 9.17) is 0 Å².